The second kappa shape index (κ2) is 3.81. The van der Waals surface area contributed by atoms with Crippen LogP contribution < -0.4 is 9.47 Å². The first-order chi connectivity index (χ1) is 7.59. The molecule has 0 saturated heterocycles. The molecule has 0 N–H and O–H groups in total. The quantitative estimate of drug-likeness (QED) is 0.732. The third kappa shape index (κ3) is 1.90. The predicted molar refractivity (Wildman–Crippen MR) is 61.2 cm³/mol. The zero-order valence-corrected chi connectivity index (χ0v) is 9.87. The van der Waals surface area contributed by atoms with Crippen molar-refractivity contribution < 1.29 is 14.3 Å². The maximum atomic E-state index is 12.2. The standard InChI is InChI=1S/C13H16O3/c1-13(4-5-13)12(14)9-6-10(15-2)8-11(7-9)16-3/h6-8H,4-5H2,1-3H3. The highest BCUT2D eigenvalue weighted by molar-refractivity contribution is 6.02. The fourth-order valence-corrected chi connectivity index (χ4v) is 1.70. The molecule has 16 heavy (non-hydrogen) atoms. The minimum Gasteiger partial charge on any atom is -0.497 e. The molecule has 0 bridgehead atoms. The normalized spacial score (nSPS) is 16.7. The molecule has 1 saturated carbocycles. The summed E-state index contributed by atoms with van der Waals surface area (Å²) in [5, 5.41) is 0. The fraction of sp³-hybridized carbons (Fsp3) is 0.462. The third-order valence-electron chi connectivity index (χ3n) is 3.16. The van der Waals surface area contributed by atoms with Crippen molar-refractivity contribution in [2.45, 2.75) is 19.8 Å². The lowest BCUT2D eigenvalue weighted by atomic mass is 9.96. The maximum Gasteiger partial charge on any atom is 0.168 e. The van der Waals surface area contributed by atoms with Crippen LogP contribution >= 0.6 is 0 Å². The molecule has 86 valence electrons. The van der Waals surface area contributed by atoms with Crippen molar-refractivity contribution in [3.05, 3.63) is 23.8 Å². The Morgan fingerprint density at radius 3 is 2.00 bits per heavy atom. The lowest BCUT2D eigenvalue weighted by Gasteiger charge is -2.10. The number of ketones is 1. The molecule has 1 aromatic carbocycles. The summed E-state index contributed by atoms with van der Waals surface area (Å²) in [6.07, 6.45) is 1.96. The van der Waals surface area contributed by atoms with Gasteiger partial charge in [-0.25, -0.2) is 0 Å². The van der Waals surface area contributed by atoms with Gasteiger partial charge in [-0.2, -0.15) is 0 Å². The van der Waals surface area contributed by atoms with Crippen molar-refractivity contribution in [2.75, 3.05) is 14.2 Å². The van der Waals surface area contributed by atoms with Crippen LogP contribution in [0.3, 0.4) is 0 Å². The molecule has 0 aliphatic heterocycles. The van der Waals surface area contributed by atoms with Crippen molar-refractivity contribution in [1.29, 1.82) is 0 Å². The van der Waals surface area contributed by atoms with Crippen molar-refractivity contribution in [3.8, 4) is 11.5 Å². The van der Waals surface area contributed by atoms with Crippen LogP contribution in [-0.4, -0.2) is 20.0 Å². The SMILES string of the molecule is COc1cc(OC)cc(C(=O)C2(C)CC2)c1. The molecule has 2 rings (SSSR count). The Balaban J connectivity index is 2.36. The van der Waals surface area contributed by atoms with Gasteiger partial charge in [-0.1, -0.05) is 6.92 Å². The van der Waals surface area contributed by atoms with Gasteiger partial charge in [0.05, 0.1) is 14.2 Å². The summed E-state index contributed by atoms with van der Waals surface area (Å²) in [4.78, 5) is 12.2. The van der Waals surface area contributed by atoms with E-state index in [1.807, 2.05) is 6.92 Å². The van der Waals surface area contributed by atoms with E-state index >= 15 is 0 Å². The van der Waals surface area contributed by atoms with Crippen molar-refractivity contribution in [2.24, 2.45) is 5.41 Å². The molecule has 0 amide bonds. The molecule has 0 heterocycles. The highest BCUT2D eigenvalue weighted by atomic mass is 16.5. The van der Waals surface area contributed by atoms with Gasteiger partial charge < -0.3 is 9.47 Å². The summed E-state index contributed by atoms with van der Waals surface area (Å²) in [5.41, 5.74) is 0.522. The van der Waals surface area contributed by atoms with Gasteiger partial charge in [-0.05, 0) is 25.0 Å². The van der Waals surface area contributed by atoms with Gasteiger partial charge in [-0.15, -0.1) is 0 Å². The number of benzene rings is 1. The summed E-state index contributed by atoms with van der Waals surface area (Å²) in [7, 11) is 3.17. The number of ether oxygens (including phenoxy) is 2. The molecule has 0 atom stereocenters. The second-order valence-corrected chi connectivity index (χ2v) is 4.49. The summed E-state index contributed by atoms with van der Waals surface area (Å²) >= 11 is 0. The zero-order chi connectivity index (χ0) is 11.8. The summed E-state index contributed by atoms with van der Waals surface area (Å²) in [6, 6.07) is 5.31. The molecule has 1 fully saturated rings. The van der Waals surface area contributed by atoms with Crippen LogP contribution in [0, 0.1) is 5.41 Å². The minimum atomic E-state index is -0.155. The van der Waals surface area contributed by atoms with Gasteiger partial charge in [-0.3, -0.25) is 4.79 Å². The molecule has 3 heteroatoms. The Hall–Kier alpha value is -1.51. The molecule has 1 aliphatic rings. The zero-order valence-electron chi connectivity index (χ0n) is 9.87. The van der Waals surface area contributed by atoms with Crippen LogP contribution in [-0.2, 0) is 0 Å². The van der Waals surface area contributed by atoms with Crippen LogP contribution in [0.15, 0.2) is 18.2 Å². The van der Waals surface area contributed by atoms with Crippen LogP contribution in [0.25, 0.3) is 0 Å². The molecular weight excluding hydrogens is 204 g/mol. The molecular formula is C13H16O3. The van der Waals surface area contributed by atoms with Gasteiger partial charge in [0.1, 0.15) is 11.5 Å². The van der Waals surface area contributed by atoms with Gasteiger partial charge >= 0.3 is 0 Å². The van der Waals surface area contributed by atoms with E-state index in [1.165, 1.54) is 0 Å². The molecule has 0 aromatic heterocycles. The van der Waals surface area contributed by atoms with Gasteiger partial charge in [0.15, 0.2) is 5.78 Å². The summed E-state index contributed by atoms with van der Waals surface area (Å²) in [5.74, 6) is 1.50. The minimum absolute atomic E-state index is 0.155. The maximum absolute atomic E-state index is 12.2. The van der Waals surface area contributed by atoms with Crippen molar-refractivity contribution in [1.82, 2.24) is 0 Å². The Morgan fingerprint density at radius 2 is 1.62 bits per heavy atom. The first-order valence-electron chi connectivity index (χ1n) is 5.37. The Labute approximate surface area is 95.4 Å². The molecule has 0 radical (unpaired) electrons. The number of methoxy groups -OCH3 is 2. The molecule has 1 aliphatic carbocycles. The van der Waals surface area contributed by atoms with E-state index in [0.29, 0.717) is 17.1 Å². The van der Waals surface area contributed by atoms with Crippen molar-refractivity contribution >= 4 is 5.78 Å². The second-order valence-electron chi connectivity index (χ2n) is 4.49. The fourth-order valence-electron chi connectivity index (χ4n) is 1.70. The topological polar surface area (TPSA) is 35.5 Å². The van der Waals surface area contributed by atoms with E-state index in [2.05, 4.69) is 0 Å². The lowest BCUT2D eigenvalue weighted by molar-refractivity contribution is 0.0912. The monoisotopic (exact) mass is 220 g/mol. The van der Waals surface area contributed by atoms with E-state index in [0.717, 1.165) is 12.8 Å². The molecule has 1 aromatic rings. The Kier molecular flexibility index (Phi) is 2.62. The molecule has 0 unspecified atom stereocenters. The van der Waals surface area contributed by atoms with Gasteiger partial charge in [0.2, 0.25) is 0 Å². The van der Waals surface area contributed by atoms with Crippen LogP contribution in [0.1, 0.15) is 30.1 Å². The summed E-state index contributed by atoms with van der Waals surface area (Å²) in [6.45, 7) is 2.00. The smallest absolute Gasteiger partial charge is 0.168 e. The van der Waals surface area contributed by atoms with E-state index < -0.39 is 0 Å². The molecule has 3 nitrogen and oxygen atoms in total. The number of Topliss-reactive ketones (excluding diaryl/α,β-unsaturated/α-hetero) is 1. The number of carbonyl (C=O) groups is 1. The number of rotatable bonds is 4. The lowest BCUT2D eigenvalue weighted by Crippen LogP contribution is -2.12. The predicted octanol–water partition coefficient (Wildman–Crippen LogP) is 2.69. The average molecular weight is 220 g/mol. The van der Waals surface area contributed by atoms with Gasteiger partial charge in [0, 0.05) is 17.0 Å². The van der Waals surface area contributed by atoms with E-state index in [9.17, 15) is 4.79 Å². The van der Waals surface area contributed by atoms with Crippen molar-refractivity contribution in [3.63, 3.8) is 0 Å². The van der Waals surface area contributed by atoms with E-state index in [4.69, 9.17) is 9.47 Å². The van der Waals surface area contributed by atoms with Crippen LogP contribution in [0.5, 0.6) is 11.5 Å². The molecule has 0 spiro atoms. The first kappa shape index (κ1) is 11.0. The number of hydrogen-bond donors (Lipinski definition) is 0. The summed E-state index contributed by atoms with van der Waals surface area (Å²) < 4.78 is 10.3. The highest BCUT2D eigenvalue weighted by Crippen LogP contribution is 2.48. The Bertz CT molecular complexity index is 397. The number of hydrogen-bond acceptors (Lipinski definition) is 3. The number of carbonyl (C=O) groups excluding carboxylic acids is 1. The highest BCUT2D eigenvalue weighted by Gasteiger charge is 2.45. The largest absolute Gasteiger partial charge is 0.497 e. The first-order valence-corrected chi connectivity index (χ1v) is 5.37. The van der Waals surface area contributed by atoms with E-state index in [1.54, 1.807) is 32.4 Å². The van der Waals surface area contributed by atoms with Gasteiger partial charge in [0.25, 0.3) is 0 Å². The van der Waals surface area contributed by atoms with E-state index in [-0.39, 0.29) is 11.2 Å². The average Bonchev–Trinajstić information content (AvgIpc) is 3.06. The van der Waals surface area contributed by atoms with Crippen LogP contribution in [0.4, 0.5) is 0 Å². The third-order valence-corrected chi connectivity index (χ3v) is 3.16. The Morgan fingerprint density at radius 1 is 1.12 bits per heavy atom. The van der Waals surface area contributed by atoms with Crippen LogP contribution in [0.2, 0.25) is 0 Å².